The van der Waals surface area contributed by atoms with Gasteiger partial charge in [-0.05, 0) is 52.9 Å². The predicted octanol–water partition coefficient (Wildman–Crippen LogP) is 2.89. The molecule has 1 saturated heterocycles. The highest BCUT2D eigenvalue weighted by Gasteiger charge is 2.21. The average Bonchev–Trinajstić information content (AvgIpc) is 2.29. The van der Waals surface area contributed by atoms with Crippen LogP contribution in [0.4, 0.5) is 11.4 Å². The van der Waals surface area contributed by atoms with Crippen molar-refractivity contribution in [2.24, 2.45) is 5.92 Å². The van der Waals surface area contributed by atoms with Crippen LogP contribution in [0.3, 0.4) is 0 Å². The zero-order valence-corrected chi connectivity index (χ0v) is 11.7. The Morgan fingerprint density at radius 3 is 3.06 bits per heavy atom. The molecule has 1 aliphatic rings. The number of nitrogen functional groups attached to an aromatic ring is 1. The van der Waals surface area contributed by atoms with E-state index in [-0.39, 0.29) is 0 Å². The van der Waals surface area contributed by atoms with Gasteiger partial charge in [0.15, 0.2) is 0 Å². The zero-order chi connectivity index (χ0) is 12.3. The van der Waals surface area contributed by atoms with E-state index in [0.29, 0.717) is 5.92 Å². The molecular formula is C13H19BrN2O. The van der Waals surface area contributed by atoms with E-state index >= 15 is 0 Å². The van der Waals surface area contributed by atoms with E-state index < -0.39 is 0 Å². The summed E-state index contributed by atoms with van der Waals surface area (Å²) in [6, 6.07) is 6.02. The topological polar surface area (TPSA) is 38.5 Å². The van der Waals surface area contributed by atoms with E-state index in [1.54, 1.807) is 7.11 Å². The largest absolute Gasteiger partial charge is 0.399 e. The molecule has 0 radical (unpaired) electrons. The summed E-state index contributed by atoms with van der Waals surface area (Å²) in [7, 11) is 1.78. The number of rotatable bonds is 3. The van der Waals surface area contributed by atoms with Crippen molar-refractivity contribution in [2.75, 3.05) is 37.4 Å². The summed E-state index contributed by atoms with van der Waals surface area (Å²) in [6.45, 7) is 3.03. The Bertz CT molecular complexity index is 382. The molecule has 2 N–H and O–H groups in total. The standard InChI is InChI=1S/C13H19BrN2O/c1-17-9-10-3-2-6-16(8-10)13-5-4-11(15)7-12(13)14/h4-5,7,10H,2-3,6,8-9,15H2,1H3. The quantitative estimate of drug-likeness (QED) is 0.872. The second-order valence-corrected chi connectivity index (χ2v) is 5.47. The Hall–Kier alpha value is -0.740. The molecule has 1 aromatic rings. The Morgan fingerprint density at radius 1 is 1.53 bits per heavy atom. The Morgan fingerprint density at radius 2 is 2.35 bits per heavy atom. The number of hydrogen-bond donors (Lipinski definition) is 1. The lowest BCUT2D eigenvalue weighted by Gasteiger charge is -2.34. The van der Waals surface area contributed by atoms with Gasteiger partial charge in [-0.2, -0.15) is 0 Å². The molecule has 17 heavy (non-hydrogen) atoms. The van der Waals surface area contributed by atoms with Crippen molar-refractivity contribution >= 4 is 27.3 Å². The molecule has 1 fully saturated rings. The number of anilines is 2. The van der Waals surface area contributed by atoms with E-state index in [9.17, 15) is 0 Å². The molecule has 4 heteroatoms. The average molecular weight is 299 g/mol. The highest BCUT2D eigenvalue weighted by atomic mass is 79.9. The second kappa shape index (κ2) is 5.74. The number of methoxy groups -OCH3 is 1. The molecule has 0 bridgehead atoms. The number of halogens is 1. The number of ether oxygens (including phenoxy) is 1. The van der Waals surface area contributed by atoms with E-state index in [0.717, 1.165) is 29.9 Å². The minimum Gasteiger partial charge on any atom is -0.399 e. The molecular weight excluding hydrogens is 280 g/mol. The lowest BCUT2D eigenvalue weighted by Crippen LogP contribution is -2.37. The number of piperidine rings is 1. The maximum atomic E-state index is 5.76. The predicted molar refractivity (Wildman–Crippen MR) is 75.4 cm³/mol. The fourth-order valence-electron chi connectivity index (χ4n) is 2.44. The van der Waals surface area contributed by atoms with Gasteiger partial charge in [-0.1, -0.05) is 0 Å². The highest BCUT2D eigenvalue weighted by molar-refractivity contribution is 9.10. The maximum absolute atomic E-state index is 5.76. The van der Waals surface area contributed by atoms with Crippen LogP contribution in [0, 0.1) is 5.92 Å². The van der Waals surface area contributed by atoms with Gasteiger partial charge in [0.1, 0.15) is 0 Å². The number of nitrogens with zero attached hydrogens (tertiary/aromatic N) is 1. The van der Waals surface area contributed by atoms with Gasteiger partial charge >= 0.3 is 0 Å². The fraction of sp³-hybridized carbons (Fsp3) is 0.538. The first-order valence-electron chi connectivity index (χ1n) is 5.99. The monoisotopic (exact) mass is 298 g/mol. The minimum absolute atomic E-state index is 0.637. The third kappa shape index (κ3) is 3.13. The summed E-state index contributed by atoms with van der Waals surface area (Å²) in [5, 5.41) is 0. The van der Waals surface area contributed by atoms with Gasteiger partial charge < -0.3 is 15.4 Å². The number of hydrogen-bond acceptors (Lipinski definition) is 3. The van der Waals surface area contributed by atoms with E-state index in [2.05, 4.69) is 26.9 Å². The SMILES string of the molecule is COCC1CCCN(c2ccc(N)cc2Br)C1. The Labute approximate surface area is 111 Å². The molecule has 2 rings (SSSR count). The first-order chi connectivity index (χ1) is 8.20. The van der Waals surface area contributed by atoms with Crippen LogP contribution in [0.2, 0.25) is 0 Å². The molecule has 1 atom stereocenters. The van der Waals surface area contributed by atoms with Gasteiger partial charge in [0.05, 0.1) is 12.3 Å². The van der Waals surface area contributed by atoms with Crippen LogP contribution in [-0.2, 0) is 4.74 Å². The van der Waals surface area contributed by atoms with Crippen molar-refractivity contribution in [1.82, 2.24) is 0 Å². The van der Waals surface area contributed by atoms with Crippen LogP contribution in [-0.4, -0.2) is 26.8 Å². The van der Waals surface area contributed by atoms with E-state index in [4.69, 9.17) is 10.5 Å². The van der Waals surface area contributed by atoms with Crippen LogP contribution in [0.15, 0.2) is 22.7 Å². The van der Waals surface area contributed by atoms with Crippen molar-refractivity contribution in [2.45, 2.75) is 12.8 Å². The molecule has 94 valence electrons. The molecule has 3 nitrogen and oxygen atoms in total. The van der Waals surface area contributed by atoms with Crippen LogP contribution in [0.5, 0.6) is 0 Å². The first-order valence-corrected chi connectivity index (χ1v) is 6.79. The number of benzene rings is 1. The molecule has 0 amide bonds. The third-order valence-electron chi connectivity index (χ3n) is 3.23. The summed E-state index contributed by atoms with van der Waals surface area (Å²) in [5.74, 6) is 0.637. The fourth-order valence-corrected chi connectivity index (χ4v) is 3.08. The minimum atomic E-state index is 0.637. The normalized spacial score (nSPS) is 20.6. The van der Waals surface area contributed by atoms with E-state index in [1.165, 1.54) is 18.5 Å². The second-order valence-electron chi connectivity index (χ2n) is 4.62. The van der Waals surface area contributed by atoms with Crippen LogP contribution >= 0.6 is 15.9 Å². The first kappa shape index (κ1) is 12.7. The summed E-state index contributed by atoms with van der Waals surface area (Å²) < 4.78 is 6.34. The number of nitrogens with two attached hydrogens (primary N) is 1. The van der Waals surface area contributed by atoms with Gasteiger partial charge in [0.25, 0.3) is 0 Å². The smallest absolute Gasteiger partial charge is 0.0512 e. The van der Waals surface area contributed by atoms with Crippen molar-refractivity contribution in [3.8, 4) is 0 Å². The Balaban J connectivity index is 2.10. The van der Waals surface area contributed by atoms with Crippen LogP contribution in [0.25, 0.3) is 0 Å². The summed E-state index contributed by atoms with van der Waals surface area (Å²) in [6.07, 6.45) is 2.49. The molecule has 0 saturated carbocycles. The van der Waals surface area contributed by atoms with Gasteiger partial charge in [0.2, 0.25) is 0 Å². The molecule has 1 heterocycles. The van der Waals surface area contributed by atoms with E-state index in [1.807, 2.05) is 12.1 Å². The van der Waals surface area contributed by atoms with Crippen molar-refractivity contribution in [3.63, 3.8) is 0 Å². The molecule has 0 aliphatic carbocycles. The summed E-state index contributed by atoms with van der Waals surface area (Å²) >= 11 is 3.59. The van der Waals surface area contributed by atoms with Gasteiger partial charge in [-0.25, -0.2) is 0 Å². The summed E-state index contributed by atoms with van der Waals surface area (Å²) in [5.41, 5.74) is 7.80. The zero-order valence-electron chi connectivity index (χ0n) is 10.2. The van der Waals surface area contributed by atoms with Crippen LogP contribution < -0.4 is 10.6 Å². The Kier molecular flexibility index (Phi) is 4.29. The maximum Gasteiger partial charge on any atom is 0.0512 e. The molecule has 1 unspecified atom stereocenters. The lowest BCUT2D eigenvalue weighted by molar-refractivity contribution is 0.143. The van der Waals surface area contributed by atoms with Gasteiger partial charge in [-0.15, -0.1) is 0 Å². The van der Waals surface area contributed by atoms with Crippen molar-refractivity contribution < 1.29 is 4.74 Å². The lowest BCUT2D eigenvalue weighted by atomic mass is 9.98. The van der Waals surface area contributed by atoms with Crippen molar-refractivity contribution in [1.29, 1.82) is 0 Å². The van der Waals surface area contributed by atoms with Gasteiger partial charge in [-0.3, -0.25) is 0 Å². The third-order valence-corrected chi connectivity index (χ3v) is 3.87. The summed E-state index contributed by atoms with van der Waals surface area (Å²) in [4.78, 5) is 2.41. The molecule has 1 aliphatic heterocycles. The molecule has 0 spiro atoms. The molecule has 0 aromatic heterocycles. The molecule has 1 aromatic carbocycles. The van der Waals surface area contributed by atoms with Gasteiger partial charge in [0, 0.05) is 30.4 Å². The van der Waals surface area contributed by atoms with Crippen molar-refractivity contribution in [3.05, 3.63) is 22.7 Å². The van der Waals surface area contributed by atoms with Crippen LogP contribution in [0.1, 0.15) is 12.8 Å². The highest BCUT2D eigenvalue weighted by Crippen LogP contribution is 2.31.